The molecule has 0 saturated heterocycles. The fourth-order valence-electron chi connectivity index (χ4n) is 1.63. The molecule has 8 heteroatoms. The minimum Gasteiger partial charge on any atom is -0.492 e. The van der Waals surface area contributed by atoms with Crippen LogP contribution >= 0.6 is 0 Å². The molecule has 22 heavy (non-hydrogen) atoms. The van der Waals surface area contributed by atoms with Crippen LogP contribution in [0.15, 0.2) is 17.3 Å². The summed E-state index contributed by atoms with van der Waals surface area (Å²) in [5, 5.41) is 22.4. The highest BCUT2D eigenvalue weighted by molar-refractivity contribution is 5.72. The van der Waals surface area contributed by atoms with Crippen LogP contribution < -0.4 is 4.84 Å². The number of nitrogens with zero attached hydrogens (tertiary/aromatic N) is 2. The number of ether oxygens (including phenoxy) is 1. The molecular weight excluding hydrogens is 292 g/mol. The molecular formula is C14H22N2O6. The Morgan fingerprint density at radius 3 is 2.55 bits per heavy atom. The van der Waals surface area contributed by atoms with E-state index in [-0.39, 0.29) is 18.2 Å². The van der Waals surface area contributed by atoms with Gasteiger partial charge in [-0.25, -0.2) is 4.79 Å². The predicted octanol–water partition coefficient (Wildman–Crippen LogP) is 1.80. The molecule has 0 unspecified atom stereocenters. The quantitative estimate of drug-likeness (QED) is 0.312. The van der Waals surface area contributed by atoms with Gasteiger partial charge < -0.3 is 24.6 Å². The van der Waals surface area contributed by atoms with E-state index in [1.54, 1.807) is 6.92 Å². The molecule has 2 N–H and O–H groups in total. The number of carbonyl (C=O) groups is 1. The maximum absolute atomic E-state index is 11.5. The normalized spacial score (nSPS) is 11.3. The van der Waals surface area contributed by atoms with Gasteiger partial charge in [0.25, 0.3) is 0 Å². The Bertz CT molecular complexity index is 478. The molecule has 1 aromatic rings. The van der Waals surface area contributed by atoms with Gasteiger partial charge in [0.15, 0.2) is 0 Å². The number of oxime groups is 1. The lowest BCUT2D eigenvalue weighted by atomic mass is 10.2. The lowest BCUT2D eigenvalue weighted by molar-refractivity contribution is -0.145. The summed E-state index contributed by atoms with van der Waals surface area (Å²) in [4.78, 5) is 21.4. The first-order valence-corrected chi connectivity index (χ1v) is 7.14. The van der Waals surface area contributed by atoms with Gasteiger partial charge in [0.2, 0.25) is 17.7 Å². The van der Waals surface area contributed by atoms with E-state index in [9.17, 15) is 15.0 Å². The van der Waals surface area contributed by atoms with Crippen LogP contribution in [0.25, 0.3) is 0 Å². The monoisotopic (exact) mass is 314 g/mol. The van der Waals surface area contributed by atoms with Gasteiger partial charge in [-0.2, -0.15) is 0 Å². The number of carbonyl (C=O) groups excluding carboxylic acids is 1. The van der Waals surface area contributed by atoms with Crippen molar-refractivity contribution in [2.75, 3.05) is 13.2 Å². The Balaban J connectivity index is 2.10. The molecule has 1 heterocycles. The summed E-state index contributed by atoms with van der Waals surface area (Å²) in [5.41, 5.74) is 0. The zero-order chi connectivity index (χ0) is 16.4. The summed E-state index contributed by atoms with van der Waals surface area (Å²) >= 11 is 0. The number of hydrogen-bond acceptors (Lipinski definition) is 7. The number of rotatable bonds is 9. The van der Waals surface area contributed by atoms with Crippen LogP contribution in [-0.4, -0.2) is 40.0 Å². The molecule has 0 aromatic carbocycles. The molecule has 8 nitrogen and oxygen atoms in total. The van der Waals surface area contributed by atoms with E-state index >= 15 is 0 Å². The molecule has 0 bridgehead atoms. The summed E-state index contributed by atoms with van der Waals surface area (Å²) in [6.45, 7) is 4.57. The molecule has 0 aliphatic rings. The topological polar surface area (TPSA) is 103 Å². The van der Waals surface area contributed by atoms with Crippen LogP contribution in [0, 0.1) is 0 Å². The summed E-state index contributed by atoms with van der Waals surface area (Å²) in [6, 6.07) is 2.45. The molecule has 0 spiro atoms. The first-order chi connectivity index (χ1) is 10.5. The molecule has 1 aromatic heterocycles. The second-order valence-electron chi connectivity index (χ2n) is 4.49. The van der Waals surface area contributed by atoms with Crippen LogP contribution in [0.4, 0.5) is 0 Å². The van der Waals surface area contributed by atoms with Gasteiger partial charge in [-0.3, -0.25) is 0 Å². The summed E-state index contributed by atoms with van der Waals surface area (Å²) < 4.78 is 5.77. The van der Waals surface area contributed by atoms with Crippen molar-refractivity contribution in [2.45, 2.75) is 39.5 Å². The molecule has 0 radical (unpaired) electrons. The van der Waals surface area contributed by atoms with Crippen molar-refractivity contribution >= 4 is 11.9 Å². The third kappa shape index (κ3) is 6.38. The number of hydrogen-bond donors (Lipinski definition) is 2. The van der Waals surface area contributed by atoms with Gasteiger partial charge in [0, 0.05) is 25.5 Å². The van der Waals surface area contributed by atoms with E-state index in [1.807, 2.05) is 6.92 Å². The summed E-state index contributed by atoms with van der Waals surface area (Å²) in [6.07, 6.45) is 2.30. The standard InChI is InChI=1S/C14H22N2O6/c1-3-20-11(2)15-21-10-6-4-5-7-14(19)22-16-12(17)8-9-13(16)18/h8-9,17-18H,3-7,10H2,1-2H3. The Hall–Kier alpha value is -2.38. The zero-order valence-corrected chi connectivity index (χ0v) is 12.8. The van der Waals surface area contributed by atoms with Crippen LogP contribution in [0.3, 0.4) is 0 Å². The van der Waals surface area contributed by atoms with Gasteiger partial charge in [-0.15, -0.1) is 4.73 Å². The summed E-state index contributed by atoms with van der Waals surface area (Å²) in [5.74, 6) is -0.714. The van der Waals surface area contributed by atoms with E-state index in [4.69, 9.17) is 14.4 Å². The van der Waals surface area contributed by atoms with Gasteiger partial charge in [-0.05, 0) is 26.2 Å². The zero-order valence-electron chi connectivity index (χ0n) is 12.8. The van der Waals surface area contributed by atoms with E-state index in [0.29, 0.717) is 30.3 Å². The van der Waals surface area contributed by atoms with Gasteiger partial charge in [0.1, 0.15) is 6.61 Å². The fourth-order valence-corrected chi connectivity index (χ4v) is 1.63. The third-order valence-corrected chi connectivity index (χ3v) is 2.65. The Kier molecular flexibility index (Phi) is 7.66. The molecule has 0 amide bonds. The third-order valence-electron chi connectivity index (χ3n) is 2.65. The molecule has 124 valence electrons. The highest BCUT2D eigenvalue weighted by atomic mass is 16.7. The first kappa shape index (κ1) is 17.7. The van der Waals surface area contributed by atoms with E-state index < -0.39 is 5.97 Å². The molecule has 0 atom stereocenters. The Morgan fingerprint density at radius 2 is 1.91 bits per heavy atom. The molecule has 1 rings (SSSR count). The molecule has 0 saturated carbocycles. The molecule has 0 fully saturated rings. The second-order valence-corrected chi connectivity index (χ2v) is 4.49. The molecule has 0 aliphatic carbocycles. The van der Waals surface area contributed by atoms with Crippen molar-refractivity contribution in [3.8, 4) is 11.8 Å². The van der Waals surface area contributed by atoms with Crippen LogP contribution in [-0.2, 0) is 14.4 Å². The number of aromatic nitrogens is 1. The van der Waals surface area contributed by atoms with E-state index in [1.165, 1.54) is 12.1 Å². The maximum atomic E-state index is 11.5. The minimum absolute atomic E-state index is 0.179. The van der Waals surface area contributed by atoms with Crippen molar-refractivity contribution in [1.29, 1.82) is 0 Å². The average molecular weight is 314 g/mol. The second kappa shape index (κ2) is 9.54. The van der Waals surface area contributed by atoms with E-state index in [2.05, 4.69) is 5.16 Å². The van der Waals surface area contributed by atoms with Crippen LogP contribution in [0.2, 0.25) is 0 Å². The van der Waals surface area contributed by atoms with Gasteiger partial charge in [-0.1, -0.05) is 5.16 Å². The summed E-state index contributed by atoms with van der Waals surface area (Å²) in [7, 11) is 0. The smallest absolute Gasteiger partial charge is 0.333 e. The predicted molar refractivity (Wildman–Crippen MR) is 78.5 cm³/mol. The van der Waals surface area contributed by atoms with Crippen molar-refractivity contribution in [3.63, 3.8) is 0 Å². The fraction of sp³-hybridized carbons (Fsp3) is 0.571. The Labute approximate surface area is 128 Å². The Morgan fingerprint density at radius 1 is 1.23 bits per heavy atom. The number of aromatic hydroxyl groups is 2. The van der Waals surface area contributed by atoms with Crippen molar-refractivity contribution < 1.29 is 29.4 Å². The highest BCUT2D eigenvalue weighted by Gasteiger charge is 2.11. The lowest BCUT2D eigenvalue weighted by Crippen LogP contribution is -2.18. The minimum atomic E-state index is -0.534. The van der Waals surface area contributed by atoms with Gasteiger partial charge in [0.05, 0.1) is 6.61 Å². The average Bonchev–Trinajstić information content (AvgIpc) is 2.78. The van der Waals surface area contributed by atoms with Crippen LogP contribution in [0.5, 0.6) is 11.8 Å². The van der Waals surface area contributed by atoms with Crippen molar-refractivity contribution in [2.24, 2.45) is 5.16 Å². The first-order valence-electron chi connectivity index (χ1n) is 7.14. The van der Waals surface area contributed by atoms with Gasteiger partial charge >= 0.3 is 5.97 Å². The van der Waals surface area contributed by atoms with Crippen molar-refractivity contribution in [3.05, 3.63) is 12.1 Å². The van der Waals surface area contributed by atoms with Crippen LogP contribution in [0.1, 0.15) is 39.5 Å². The largest absolute Gasteiger partial charge is 0.492 e. The highest BCUT2D eigenvalue weighted by Crippen LogP contribution is 2.18. The van der Waals surface area contributed by atoms with Crippen molar-refractivity contribution in [1.82, 2.24) is 4.73 Å². The number of unbranched alkanes of at least 4 members (excludes halogenated alkanes) is 2. The SMILES string of the molecule is CCOC(C)=NOCCCCCC(=O)On1c(O)ccc1O. The molecule has 0 aliphatic heterocycles. The maximum Gasteiger partial charge on any atom is 0.333 e. The lowest BCUT2D eigenvalue weighted by Gasteiger charge is -2.06. The van der Waals surface area contributed by atoms with E-state index in [0.717, 1.165) is 12.8 Å².